The van der Waals surface area contributed by atoms with Gasteiger partial charge in [0, 0.05) is 36.8 Å². The number of nitrogens with one attached hydrogen (secondary N) is 1. The van der Waals surface area contributed by atoms with Gasteiger partial charge in [-0.2, -0.15) is 0 Å². The van der Waals surface area contributed by atoms with Crippen molar-refractivity contribution in [2.75, 3.05) is 18.8 Å². The van der Waals surface area contributed by atoms with E-state index in [0.29, 0.717) is 43.7 Å². The number of amides is 2. The summed E-state index contributed by atoms with van der Waals surface area (Å²) in [4.78, 5) is 26.6. The zero-order valence-corrected chi connectivity index (χ0v) is 15.7. The van der Waals surface area contributed by atoms with Gasteiger partial charge in [0.2, 0.25) is 5.91 Å². The Bertz CT molecular complexity index is 790. The zero-order valence-electron chi connectivity index (χ0n) is 14.9. The van der Waals surface area contributed by atoms with Crippen molar-refractivity contribution in [2.24, 2.45) is 5.92 Å². The van der Waals surface area contributed by atoms with Crippen molar-refractivity contribution in [3.05, 3.63) is 65.5 Å². The van der Waals surface area contributed by atoms with Crippen LogP contribution in [0.5, 0.6) is 0 Å². The van der Waals surface area contributed by atoms with Crippen molar-refractivity contribution in [3.63, 3.8) is 0 Å². The molecule has 0 aromatic heterocycles. The fraction of sp³-hybridized carbons (Fsp3) is 0.300. The van der Waals surface area contributed by atoms with Gasteiger partial charge in [-0.15, -0.1) is 12.4 Å². The summed E-state index contributed by atoms with van der Waals surface area (Å²) in [5.41, 5.74) is 7.72. The van der Waals surface area contributed by atoms with Crippen molar-refractivity contribution >= 4 is 29.9 Å². The molecule has 0 atom stereocenters. The van der Waals surface area contributed by atoms with Gasteiger partial charge in [0.05, 0.1) is 0 Å². The van der Waals surface area contributed by atoms with Gasteiger partial charge in [-0.25, -0.2) is 4.39 Å². The summed E-state index contributed by atoms with van der Waals surface area (Å²) in [6.45, 7) is 1.46. The van der Waals surface area contributed by atoms with Crippen molar-refractivity contribution < 1.29 is 14.0 Å². The second-order valence-corrected chi connectivity index (χ2v) is 6.54. The molecule has 1 fully saturated rings. The highest BCUT2D eigenvalue weighted by atomic mass is 35.5. The molecule has 7 heteroatoms. The number of halogens is 2. The van der Waals surface area contributed by atoms with Crippen LogP contribution in [0.3, 0.4) is 0 Å². The van der Waals surface area contributed by atoms with E-state index in [1.807, 2.05) is 0 Å². The lowest BCUT2D eigenvalue weighted by molar-refractivity contribution is -0.126. The van der Waals surface area contributed by atoms with Crippen LogP contribution in [0.1, 0.15) is 28.8 Å². The Labute approximate surface area is 164 Å². The average Bonchev–Trinajstić information content (AvgIpc) is 2.67. The van der Waals surface area contributed by atoms with E-state index in [1.54, 1.807) is 41.3 Å². The minimum atomic E-state index is -0.294. The van der Waals surface area contributed by atoms with Crippen molar-refractivity contribution in [1.82, 2.24) is 10.2 Å². The van der Waals surface area contributed by atoms with E-state index in [1.165, 1.54) is 12.1 Å². The molecule has 1 heterocycles. The molecule has 0 saturated carbocycles. The van der Waals surface area contributed by atoms with Crippen molar-refractivity contribution in [3.8, 4) is 0 Å². The maximum Gasteiger partial charge on any atom is 0.253 e. The largest absolute Gasteiger partial charge is 0.399 e. The molecule has 1 aliphatic heterocycles. The molecule has 0 unspecified atom stereocenters. The number of carbonyl (C=O) groups is 2. The molecule has 1 saturated heterocycles. The number of nitrogens with two attached hydrogens (primary N) is 1. The lowest BCUT2D eigenvalue weighted by Crippen LogP contribution is -2.42. The summed E-state index contributed by atoms with van der Waals surface area (Å²) in [5, 5.41) is 2.89. The number of hydrogen-bond acceptors (Lipinski definition) is 3. The van der Waals surface area contributed by atoms with Crippen LogP contribution in [0.25, 0.3) is 0 Å². The quantitative estimate of drug-likeness (QED) is 0.787. The summed E-state index contributed by atoms with van der Waals surface area (Å²) in [6, 6.07) is 13.0. The standard InChI is InChI=1S/C20H22FN3O2.ClH/c21-17-6-4-14(5-7-17)13-23-19(25)15-8-10-24(11-9-15)20(26)16-2-1-3-18(22)12-16;/h1-7,12,15H,8-11,13,22H2,(H,23,25);1H. The minimum Gasteiger partial charge on any atom is -0.399 e. The number of carbonyl (C=O) groups excluding carboxylic acids is 2. The second kappa shape index (κ2) is 9.37. The van der Waals surface area contributed by atoms with Crippen LogP contribution >= 0.6 is 12.4 Å². The first-order valence-electron chi connectivity index (χ1n) is 8.70. The van der Waals surface area contributed by atoms with Gasteiger partial charge in [-0.05, 0) is 48.7 Å². The summed E-state index contributed by atoms with van der Waals surface area (Å²) < 4.78 is 12.9. The number of nitrogen functional groups attached to an aromatic ring is 1. The van der Waals surface area contributed by atoms with Gasteiger partial charge in [0.15, 0.2) is 0 Å². The predicted octanol–water partition coefficient (Wildman–Crippen LogP) is 3.00. The maximum atomic E-state index is 12.9. The monoisotopic (exact) mass is 391 g/mol. The molecule has 27 heavy (non-hydrogen) atoms. The van der Waals surface area contributed by atoms with E-state index in [9.17, 15) is 14.0 Å². The van der Waals surface area contributed by atoms with E-state index in [2.05, 4.69) is 5.32 Å². The van der Waals surface area contributed by atoms with Gasteiger partial charge in [-0.1, -0.05) is 18.2 Å². The Morgan fingerprint density at radius 3 is 2.41 bits per heavy atom. The molecule has 0 radical (unpaired) electrons. The maximum absolute atomic E-state index is 12.9. The Kier molecular flexibility index (Phi) is 7.19. The zero-order chi connectivity index (χ0) is 18.5. The van der Waals surface area contributed by atoms with Gasteiger partial charge < -0.3 is 16.0 Å². The number of nitrogens with zero attached hydrogens (tertiary/aromatic N) is 1. The average molecular weight is 392 g/mol. The van der Waals surface area contributed by atoms with Gasteiger partial charge in [0.25, 0.3) is 5.91 Å². The Hall–Kier alpha value is -2.60. The predicted molar refractivity (Wildman–Crippen MR) is 105 cm³/mol. The van der Waals surface area contributed by atoms with Crippen LogP contribution in [-0.4, -0.2) is 29.8 Å². The third-order valence-corrected chi connectivity index (χ3v) is 4.67. The minimum absolute atomic E-state index is 0. The Balaban J connectivity index is 0.00000261. The molecule has 0 bridgehead atoms. The molecule has 144 valence electrons. The van der Waals surface area contributed by atoms with Crippen LogP contribution in [0.4, 0.5) is 10.1 Å². The smallest absolute Gasteiger partial charge is 0.253 e. The third kappa shape index (κ3) is 5.44. The highest BCUT2D eigenvalue weighted by Crippen LogP contribution is 2.20. The fourth-order valence-corrected chi connectivity index (χ4v) is 3.13. The normalized spacial score (nSPS) is 14.3. The third-order valence-electron chi connectivity index (χ3n) is 4.67. The first kappa shape index (κ1) is 20.7. The molecule has 1 aliphatic rings. The summed E-state index contributed by atoms with van der Waals surface area (Å²) in [5.74, 6) is -0.481. The molecule has 2 aromatic carbocycles. The van der Waals surface area contributed by atoms with Crippen LogP contribution in [-0.2, 0) is 11.3 Å². The lowest BCUT2D eigenvalue weighted by atomic mass is 9.95. The van der Waals surface area contributed by atoms with Crippen LogP contribution < -0.4 is 11.1 Å². The van der Waals surface area contributed by atoms with E-state index < -0.39 is 0 Å². The molecule has 0 aliphatic carbocycles. The second-order valence-electron chi connectivity index (χ2n) is 6.54. The molecular formula is C20H23ClFN3O2. The van der Waals surface area contributed by atoms with Crippen molar-refractivity contribution in [2.45, 2.75) is 19.4 Å². The number of piperidine rings is 1. The molecule has 2 amide bonds. The van der Waals surface area contributed by atoms with Gasteiger partial charge in [-0.3, -0.25) is 9.59 Å². The van der Waals surface area contributed by atoms with Crippen LogP contribution in [0.15, 0.2) is 48.5 Å². The first-order valence-corrected chi connectivity index (χ1v) is 8.70. The molecule has 2 aromatic rings. The first-order chi connectivity index (χ1) is 12.5. The SMILES string of the molecule is Cl.Nc1cccc(C(=O)N2CCC(C(=O)NCc3ccc(F)cc3)CC2)c1. The molecule has 3 N–H and O–H groups in total. The topological polar surface area (TPSA) is 75.4 Å². The molecule has 0 spiro atoms. The number of hydrogen-bond donors (Lipinski definition) is 2. The summed E-state index contributed by atoms with van der Waals surface area (Å²) >= 11 is 0. The lowest BCUT2D eigenvalue weighted by Gasteiger charge is -2.31. The summed E-state index contributed by atoms with van der Waals surface area (Å²) in [6.07, 6.45) is 1.26. The number of likely N-dealkylation sites (tertiary alicyclic amines) is 1. The van der Waals surface area contributed by atoms with Crippen LogP contribution in [0.2, 0.25) is 0 Å². The van der Waals surface area contributed by atoms with E-state index >= 15 is 0 Å². The number of benzene rings is 2. The van der Waals surface area contributed by atoms with E-state index in [4.69, 9.17) is 5.73 Å². The molecular weight excluding hydrogens is 369 g/mol. The highest BCUT2D eigenvalue weighted by molar-refractivity contribution is 5.95. The highest BCUT2D eigenvalue weighted by Gasteiger charge is 2.27. The van der Waals surface area contributed by atoms with E-state index in [-0.39, 0.29) is 36.0 Å². The number of rotatable bonds is 4. The van der Waals surface area contributed by atoms with Gasteiger partial charge >= 0.3 is 0 Å². The fourth-order valence-electron chi connectivity index (χ4n) is 3.13. The van der Waals surface area contributed by atoms with Crippen LogP contribution in [0, 0.1) is 11.7 Å². The molecule has 3 rings (SSSR count). The Morgan fingerprint density at radius 2 is 1.78 bits per heavy atom. The van der Waals surface area contributed by atoms with E-state index in [0.717, 1.165) is 5.56 Å². The Morgan fingerprint density at radius 1 is 1.11 bits per heavy atom. The summed E-state index contributed by atoms with van der Waals surface area (Å²) in [7, 11) is 0. The van der Waals surface area contributed by atoms with Gasteiger partial charge in [0.1, 0.15) is 5.82 Å². The number of anilines is 1. The van der Waals surface area contributed by atoms with Crippen molar-refractivity contribution in [1.29, 1.82) is 0 Å². The molecule has 5 nitrogen and oxygen atoms in total.